The summed E-state index contributed by atoms with van der Waals surface area (Å²) >= 11 is 6.01. The maximum absolute atomic E-state index is 13.9. The van der Waals surface area contributed by atoms with Crippen LogP contribution in [0.15, 0.2) is 72.8 Å². The third-order valence-corrected chi connectivity index (χ3v) is 5.22. The van der Waals surface area contributed by atoms with E-state index < -0.39 is 5.82 Å². The lowest BCUT2D eigenvalue weighted by Gasteiger charge is -2.23. The number of hydrogen-bond acceptors (Lipinski definition) is 2. The molecule has 1 amide bonds. The summed E-state index contributed by atoms with van der Waals surface area (Å²) in [6.45, 7) is 1.34. The zero-order valence-electron chi connectivity index (χ0n) is 15.9. The van der Waals surface area contributed by atoms with Crippen molar-refractivity contribution in [2.75, 3.05) is 6.54 Å². The SMILES string of the molecule is O=C(c1ccc(Oc2c(F)cccc2Cl)cc1)N(Cc1ccccc1)CC1CC1. The second kappa shape index (κ2) is 8.66. The van der Waals surface area contributed by atoms with E-state index in [1.54, 1.807) is 30.3 Å². The molecule has 0 N–H and O–H groups in total. The highest BCUT2D eigenvalue weighted by Gasteiger charge is 2.27. The van der Waals surface area contributed by atoms with Gasteiger partial charge in [-0.2, -0.15) is 0 Å². The quantitative estimate of drug-likeness (QED) is 0.456. The number of benzene rings is 3. The van der Waals surface area contributed by atoms with Crippen LogP contribution in [0.3, 0.4) is 0 Å². The highest BCUT2D eigenvalue weighted by Crippen LogP contribution is 2.33. The number of nitrogens with zero attached hydrogens (tertiary/aromatic N) is 1. The van der Waals surface area contributed by atoms with E-state index in [0.717, 1.165) is 12.1 Å². The molecular weight excluding hydrogens is 389 g/mol. The topological polar surface area (TPSA) is 29.5 Å². The molecule has 0 aliphatic heterocycles. The Labute approximate surface area is 174 Å². The predicted octanol–water partition coefficient (Wildman–Crippen LogP) is 6.32. The van der Waals surface area contributed by atoms with Gasteiger partial charge in [-0.3, -0.25) is 4.79 Å². The monoisotopic (exact) mass is 409 g/mol. The molecule has 3 aromatic carbocycles. The Morgan fingerprint density at radius 1 is 1.00 bits per heavy atom. The molecule has 0 saturated heterocycles. The molecule has 0 spiro atoms. The first-order valence-electron chi connectivity index (χ1n) is 9.65. The van der Waals surface area contributed by atoms with E-state index >= 15 is 0 Å². The van der Waals surface area contributed by atoms with Crippen molar-refractivity contribution in [2.24, 2.45) is 5.92 Å². The van der Waals surface area contributed by atoms with Crippen LogP contribution in [-0.4, -0.2) is 17.4 Å². The van der Waals surface area contributed by atoms with Gasteiger partial charge in [0.15, 0.2) is 11.6 Å². The third kappa shape index (κ3) is 4.96. The highest BCUT2D eigenvalue weighted by molar-refractivity contribution is 6.32. The summed E-state index contributed by atoms with van der Waals surface area (Å²) < 4.78 is 19.5. The molecule has 29 heavy (non-hydrogen) atoms. The Bertz CT molecular complexity index is 967. The molecule has 0 unspecified atom stereocenters. The van der Waals surface area contributed by atoms with Crippen LogP contribution in [0, 0.1) is 11.7 Å². The van der Waals surface area contributed by atoms with Crippen LogP contribution >= 0.6 is 11.6 Å². The van der Waals surface area contributed by atoms with Crippen LogP contribution in [0.1, 0.15) is 28.8 Å². The second-order valence-electron chi connectivity index (χ2n) is 7.29. The Morgan fingerprint density at radius 3 is 2.38 bits per heavy atom. The normalized spacial score (nSPS) is 13.2. The number of rotatable bonds is 7. The van der Waals surface area contributed by atoms with E-state index in [2.05, 4.69) is 0 Å². The first-order chi connectivity index (χ1) is 14.1. The van der Waals surface area contributed by atoms with Gasteiger partial charge in [0, 0.05) is 18.7 Å². The zero-order valence-corrected chi connectivity index (χ0v) is 16.6. The summed E-state index contributed by atoms with van der Waals surface area (Å²) in [5, 5.41) is 0.198. The van der Waals surface area contributed by atoms with Gasteiger partial charge in [0.2, 0.25) is 0 Å². The van der Waals surface area contributed by atoms with Gasteiger partial charge in [0.1, 0.15) is 5.75 Å². The molecule has 1 aliphatic carbocycles. The first kappa shape index (κ1) is 19.5. The van der Waals surface area contributed by atoms with Gasteiger partial charge in [0.05, 0.1) is 5.02 Å². The number of hydrogen-bond donors (Lipinski definition) is 0. The van der Waals surface area contributed by atoms with Gasteiger partial charge >= 0.3 is 0 Å². The molecule has 148 valence electrons. The fourth-order valence-corrected chi connectivity index (χ4v) is 3.38. The molecule has 1 aliphatic rings. The maximum Gasteiger partial charge on any atom is 0.254 e. The van der Waals surface area contributed by atoms with E-state index in [4.69, 9.17) is 16.3 Å². The minimum Gasteiger partial charge on any atom is -0.453 e. The molecule has 0 aromatic heterocycles. The molecule has 4 rings (SSSR count). The van der Waals surface area contributed by atoms with Crippen LogP contribution in [0.25, 0.3) is 0 Å². The Balaban J connectivity index is 1.49. The van der Waals surface area contributed by atoms with Crippen molar-refractivity contribution in [3.05, 3.63) is 94.8 Å². The van der Waals surface area contributed by atoms with Gasteiger partial charge in [0.25, 0.3) is 5.91 Å². The van der Waals surface area contributed by atoms with Crippen molar-refractivity contribution in [1.82, 2.24) is 4.90 Å². The maximum atomic E-state index is 13.9. The fourth-order valence-electron chi connectivity index (χ4n) is 3.18. The third-order valence-electron chi connectivity index (χ3n) is 4.92. The largest absolute Gasteiger partial charge is 0.453 e. The van der Waals surface area contributed by atoms with Crippen molar-refractivity contribution in [1.29, 1.82) is 0 Å². The predicted molar refractivity (Wildman–Crippen MR) is 112 cm³/mol. The van der Waals surface area contributed by atoms with E-state index in [-0.39, 0.29) is 16.7 Å². The van der Waals surface area contributed by atoms with Crippen LogP contribution < -0.4 is 4.74 Å². The van der Waals surface area contributed by atoms with Crippen LogP contribution in [0.4, 0.5) is 4.39 Å². The molecular formula is C24H21ClFNO2. The summed E-state index contributed by atoms with van der Waals surface area (Å²) in [7, 11) is 0. The van der Waals surface area contributed by atoms with E-state index in [9.17, 15) is 9.18 Å². The van der Waals surface area contributed by atoms with E-state index in [1.807, 2.05) is 35.2 Å². The minimum atomic E-state index is -0.531. The van der Waals surface area contributed by atoms with E-state index in [0.29, 0.717) is 23.8 Å². The van der Waals surface area contributed by atoms with Gasteiger partial charge in [-0.25, -0.2) is 4.39 Å². The lowest BCUT2D eigenvalue weighted by atomic mass is 10.1. The first-order valence-corrected chi connectivity index (χ1v) is 10.0. The molecule has 3 aromatic rings. The van der Waals surface area contributed by atoms with Crippen molar-refractivity contribution >= 4 is 17.5 Å². The number of para-hydroxylation sites is 1. The second-order valence-corrected chi connectivity index (χ2v) is 7.70. The van der Waals surface area contributed by atoms with Crippen LogP contribution in [-0.2, 0) is 6.54 Å². The summed E-state index contributed by atoms with van der Waals surface area (Å²) in [4.78, 5) is 15.0. The molecule has 1 saturated carbocycles. The van der Waals surface area contributed by atoms with Crippen LogP contribution in [0.5, 0.6) is 11.5 Å². The number of carbonyl (C=O) groups excluding carboxylic acids is 1. The number of amides is 1. The molecule has 0 atom stereocenters. The molecule has 1 fully saturated rings. The van der Waals surface area contributed by atoms with E-state index in [1.165, 1.54) is 25.0 Å². The summed E-state index contributed by atoms with van der Waals surface area (Å²) in [6, 6.07) is 21.1. The number of halogens is 2. The molecule has 0 radical (unpaired) electrons. The Hall–Kier alpha value is -2.85. The van der Waals surface area contributed by atoms with Crippen molar-refractivity contribution in [3.63, 3.8) is 0 Å². The summed E-state index contributed by atoms with van der Waals surface area (Å²) in [5.41, 5.74) is 1.68. The number of ether oxygens (including phenoxy) is 1. The van der Waals surface area contributed by atoms with Gasteiger partial charge in [-0.05, 0) is 60.7 Å². The summed E-state index contributed by atoms with van der Waals surface area (Å²) in [5.74, 6) is 0.443. The fraction of sp³-hybridized carbons (Fsp3) is 0.208. The summed E-state index contributed by atoms with van der Waals surface area (Å²) in [6.07, 6.45) is 2.35. The van der Waals surface area contributed by atoms with Crippen molar-refractivity contribution in [2.45, 2.75) is 19.4 Å². The van der Waals surface area contributed by atoms with Crippen molar-refractivity contribution < 1.29 is 13.9 Å². The van der Waals surface area contributed by atoms with Gasteiger partial charge in [-0.15, -0.1) is 0 Å². The Morgan fingerprint density at radius 2 is 1.72 bits per heavy atom. The van der Waals surface area contributed by atoms with Crippen LogP contribution in [0.2, 0.25) is 5.02 Å². The zero-order chi connectivity index (χ0) is 20.2. The smallest absolute Gasteiger partial charge is 0.254 e. The number of carbonyl (C=O) groups is 1. The highest BCUT2D eigenvalue weighted by atomic mass is 35.5. The standard InChI is InChI=1S/C24H21ClFNO2/c25-21-7-4-8-22(26)23(21)29-20-13-11-19(12-14-20)24(28)27(16-18-9-10-18)15-17-5-2-1-3-6-17/h1-8,11-14,18H,9-10,15-16H2. The molecule has 0 heterocycles. The minimum absolute atomic E-state index is 0.0174. The van der Waals surface area contributed by atoms with Gasteiger partial charge in [-0.1, -0.05) is 48.0 Å². The lowest BCUT2D eigenvalue weighted by molar-refractivity contribution is 0.0735. The lowest BCUT2D eigenvalue weighted by Crippen LogP contribution is -2.32. The average molecular weight is 410 g/mol. The average Bonchev–Trinajstić information content (AvgIpc) is 3.55. The molecule has 3 nitrogen and oxygen atoms in total. The van der Waals surface area contributed by atoms with Gasteiger partial charge < -0.3 is 9.64 Å². The Kier molecular flexibility index (Phi) is 5.81. The molecule has 5 heteroatoms. The van der Waals surface area contributed by atoms with Crippen molar-refractivity contribution in [3.8, 4) is 11.5 Å². The molecule has 0 bridgehead atoms.